The van der Waals surface area contributed by atoms with Crippen molar-refractivity contribution in [2.75, 3.05) is 6.61 Å². The zero-order valence-corrected chi connectivity index (χ0v) is 8.60. The molecule has 0 aromatic carbocycles. The second-order valence-corrected chi connectivity index (χ2v) is 3.07. The number of carbonyl (C=O) groups excluding carboxylic acids is 1. The molecule has 15 heavy (non-hydrogen) atoms. The molecule has 0 saturated carbocycles. The molecule has 0 spiro atoms. The Morgan fingerprint density at radius 1 is 1.60 bits per heavy atom. The predicted molar refractivity (Wildman–Crippen MR) is 54.5 cm³/mol. The average Bonchev–Trinajstić information content (AvgIpc) is 2.58. The SMILES string of the molecule is CCOC(=O)c1nn(C)c2ncccc12. The average molecular weight is 205 g/mol. The number of rotatable bonds is 2. The van der Waals surface area contributed by atoms with Gasteiger partial charge in [0.25, 0.3) is 0 Å². The maximum atomic E-state index is 11.5. The molecule has 0 N–H and O–H groups in total. The van der Waals surface area contributed by atoms with Crippen molar-refractivity contribution in [3.63, 3.8) is 0 Å². The van der Waals surface area contributed by atoms with Crippen LogP contribution in [0.3, 0.4) is 0 Å². The predicted octanol–water partition coefficient (Wildman–Crippen LogP) is 1.15. The molecule has 0 aliphatic carbocycles. The van der Waals surface area contributed by atoms with Crippen LogP contribution < -0.4 is 0 Å². The van der Waals surface area contributed by atoms with Crippen LogP contribution in [0, 0.1) is 0 Å². The molecule has 2 heterocycles. The Labute approximate surface area is 86.7 Å². The summed E-state index contributed by atoms with van der Waals surface area (Å²) in [5.41, 5.74) is 1.00. The summed E-state index contributed by atoms with van der Waals surface area (Å²) in [5, 5.41) is 4.81. The molecule has 2 rings (SSSR count). The van der Waals surface area contributed by atoms with Crippen LogP contribution in [0.25, 0.3) is 11.0 Å². The quantitative estimate of drug-likeness (QED) is 0.690. The third-order valence-corrected chi connectivity index (χ3v) is 2.07. The normalized spacial score (nSPS) is 10.5. The summed E-state index contributed by atoms with van der Waals surface area (Å²) >= 11 is 0. The van der Waals surface area contributed by atoms with Crippen molar-refractivity contribution >= 4 is 17.0 Å². The zero-order valence-electron chi connectivity index (χ0n) is 8.60. The van der Waals surface area contributed by atoms with Gasteiger partial charge in [-0.2, -0.15) is 5.10 Å². The van der Waals surface area contributed by atoms with E-state index in [1.54, 1.807) is 30.9 Å². The first-order valence-corrected chi connectivity index (χ1v) is 4.69. The molecule has 0 bridgehead atoms. The highest BCUT2D eigenvalue weighted by molar-refractivity contribution is 6.00. The standard InChI is InChI=1S/C10H11N3O2/c1-3-15-10(14)8-7-5-4-6-11-9(7)13(2)12-8/h4-6H,3H2,1-2H3. The number of carbonyl (C=O) groups is 1. The minimum absolute atomic E-state index is 0.322. The Balaban J connectivity index is 2.57. The fraction of sp³-hybridized carbons (Fsp3) is 0.300. The van der Waals surface area contributed by atoms with E-state index in [9.17, 15) is 4.79 Å². The lowest BCUT2D eigenvalue weighted by Gasteiger charge is -1.96. The van der Waals surface area contributed by atoms with Crippen LogP contribution in [0.15, 0.2) is 18.3 Å². The first-order chi connectivity index (χ1) is 7.24. The Hall–Kier alpha value is -1.91. The highest BCUT2D eigenvalue weighted by Gasteiger charge is 2.16. The number of esters is 1. The summed E-state index contributed by atoms with van der Waals surface area (Å²) in [5.74, 6) is -0.406. The van der Waals surface area contributed by atoms with E-state index in [-0.39, 0.29) is 0 Å². The first-order valence-electron chi connectivity index (χ1n) is 4.69. The van der Waals surface area contributed by atoms with E-state index >= 15 is 0 Å². The van der Waals surface area contributed by atoms with Gasteiger partial charge >= 0.3 is 5.97 Å². The number of pyridine rings is 1. The van der Waals surface area contributed by atoms with E-state index in [1.165, 1.54) is 0 Å². The molecular formula is C10H11N3O2. The molecule has 0 atom stereocenters. The number of aromatic nitrogens is 3. The van der Waals surface area contributed by atoms with E-state index in [0.29, 0.717) is 17.9 Å². The van der Waals surface area contributed by atoms with Crippen LogP contribution in [0.5, 0.6) is 0 Å². The molecule has 0 unspecified atom stereocenters. The molecule has 0 fully saturated rings. The summed E-state index contributed by atoms with van der Waals surface area (Å²) in [6.07, 6.45) is 1.67. The van der Waals surface area contributed by atoms with Crippen molar-refractivity contribution in [3.8, 4) is 0 Å². The lowest BCUT2D eigenvalue weighted by molar-refractivity contribution is 0.0521. The van der Waals surface area contributed by atoms with Crippen LogP contribution >= 0.6 is 0 Å². The van der Waals surface area contributed by atoms with E-state index in [0.717, 1.165) is 5.39 Å². The zero-order chi connectivity index (χ0) is 10.8. The van der Waals surface area contributed by atoms with E-state index in [2.05, 4.69) is 10.1 Å². The number of fused-ring (bicyclic) bond motifs is 1. The third-order valence-electron chi connectivity index (χ3n) is 2.07. The highest BCUT2D eigenvalue weighted by Crippen LogP contribution is 2.15. The highest BCUT2D eigenvalue weighted by atomic mass is 16.5. The monoisotopic (exact) mass is 205 g/mol. The van der Waals surface area contributed by atoms with Crippen LogP contribution in [-0.4, -0.2) is 27.3 Å². The number of ether oxygens (including phenoxy) is 1. The second kappa shape index (κ2) is 3.68. The van der Waals surface area contributed by atoms with Crippen LogP contribution in [0.2, 0.25) is 0 Å². The summed E-state index contributed by atoms with van der Waals surface area (Å²) in [7, 11) is 1.75. The smallest absolute Gasteiger partial charge is 0.359 e. The van der Waals surface area contributed by atoms with Crippen molar-refractivity contribution in [2.24, 2.45) is 7.05 Å². The van der Waals surface area contributed by atoms with Crippen LogP contribution in [0.1, 0.15) is 17.4 Å². The molecule has 0 aliphatic rings. The van der Waals surface area contributed by atoms with Gasteiger partial charge in [-0.3, -0.25) is 0 Å². The van der Waals surface area contributed by atoms with Gasteiger partial charge in [-0.05, 0) is 19.1 Å². The Bertz CT molecular complexity index is 504. The van der Waals surface area contributed by atoms with Gasteiger partial charge in [0, 0.05) is 13.2 Å². The van der Waals surface area contributed by atoms with Crippen molar-refractivity contribution < 1.29 is 9.53 Å². The number of nitrogens with zero attached hydrogens (tertiary/aromatic N) is 3. The largest absolute Gasteiger partial charge is 0.461 e. The van der Waals surface area contributed by atoms with E-state index < -0.39 is 5.97 Å². The van der Waals surface area contributed by atoms with Gasteiger partial charge in [-0.15, -0.1) is 0 Å². The van der Waals surface area contributed by atoms with Gasteiger partial charge in [-0.25, -0.2) is 14.5 Å². The van der Waals surface area contributed by atoms with Gasteiger partial charge in [0.05, 0.1) is 12.0 Å². The summed E-state index contributed by atoms with van der Waals surface area (Å²) in [6.45, 7) is 2.11. The molecular weight excluding hydrogens is 194 g/mol. The van der Waals surface area contributed by atoms with Gasteiger partial charge in [0.2, 0.25) is 0 Å². The molecule has 2 aromatic heterocycles. The molecule has 78 valence electrons. The minimum Gasteiger partial charge on any atom is -0.461 e. The molecule has 0 saturated heterocycles. The van der Waals surface area contributed by atoms with E-state index in [1.807, 2.05) is 6.07 Å². The molecule has 5 heteroatoms. The second-order valence-electron chi connectivity index (χ2n) is 3.07. The van der Waals surface area contributed by atoms with Crippen molar-refractivity contribution in [2.45, 2.75) is 6.92 Å². The maximum absolute atomic E-state index is 11.5. The summed E-state index contributed by atoms with van der Waals surface area (Å²) in [4.78, 5) is 15.7. The van der Waals surface area contributed by atoms with Crippen LogP contribution in [0.4, 0.5) is 0 Å². The molecule has 2 aromatic rings. The fourth-order valence-electron chi connectivity index (χ4n) is 1.44. The maximum Gasteiger partial charge on any atom is 0.359 e. The molecule has 0 radical (unpaired) electrons. The van der Waals surface area contributed by atoms with Gasteiger partial charge < -0.3 is 4.74 Å². The van der Waals surface area contributed by atoms with Gasteiger partial charge in [-0.1, -0.05) is 0 Å². The van der Waals surface area contributed by atoms with Crippen molar-refractivity contribution in [1.29, 1.82) is 0 Å². The Morgan fingerprint density at radius 2 is 2.40 bits per heavy atom. The lowest BCUT2D eigenvalue weighted by atomic mass is 10.2. The molecule has 0 aliphatic heterocycles. The molecule has 0 amide bonds. The van der Waals surface area contributed by atoms with Crippen molar-refractivity contribution in [3.05, 3.63) is 24.0 Å². The topological polar surface area (TPSA) is 57.0 Å². The number of aryl methyl sites for hydroxylation is 1. The van der Waals surface area contributed by atoms with Crippen LogP contribution in [-0.2, 0) is 11.8 Å². The van der Waals surface area contributed by atoms with Gasteiger partial charge in [0.1, 0.15) is 0 Å². The Kier molecular flexibility index (Phi) is 2.37. The fourth-order valence-corrected chi connectivity index (χ4v) is 1.44. The first kappa shape index (κ1) is 9.64. The minimum atomic E-state index is -0.406. The van der Waals surface area contributed by atoms with E-state index in [4.69, 9.17) is 4.74 Å². The molecule has 5 nitrogen and oxygen atoms in total. The third kappa shape index (κ3) is 1.56. The van der Waals surface area contributed by atoms with Gasteiger partial charge in [0.15, 0.2) is 11.3 Å². The summed E-state index contributed by atoms with van der Waals surface area (Å²) < 4.78 is 6.48. The number of hydrogen-bond acceptors (Lipinski definition) is 4. The lowest BCUT2D eigenvalue weighted by Crippen LogP contribution is -2.06. The van der Waals surface area contributed by atoms with Crippen molar-refractivity contribution in [1.82, 2.24) is 14.8 Å². The summed E-state index contributed by atoms with van der Waals surface area (Å²) in [6, 6.07) is 3.58. The number of hydrogen-bond donors (Lipinski definition) is 0. The Morgan fingerprint density at radius 3 is 3.13 bits per heavy atom.